The van der Waals surface area contributed by atoms with Crippen LogP contribution in [0.4, 0.5) is 0 Å². The molecule has 0 bridgehead atoms. The molecule has 2 heteroatoms. The number of hydrogen-bond acceptors (Lipinski definition) is 2. The van der Waals surface area contributed by atoms with Crippen LogP contribution in [0.1, 0.15) is 26.2 Å². The third-order valence-electron chi connectivity index (χ3n) is 2.36. The van der Waals surface area contributed by atoms with Crippen molar-refractivity contribution < 1.29 is 5.11 Å². The van der Waals surface area contributed by atoms with Gasteiger partial charge in [-0.05, 0) is 25.8 Å². The molecule has 0 aliphatic carbocycles. The summed E-state index contributed by atoms with van der Waals surface area (Å²) < 4.78 is 0. The molecule has 1 aliphatic heterocycles. The molecule has 1 N–H and O–H groups in total. The van der Waals surface area contributed by atoms with E-state index in [9.17, 15) is 0 Å². The molecule has 1 rings (SSSR count). The molecule has 1 heterocycles. The highest BCUT2D eigenvalue weighted by atomic mass is 16.3. The lowest BCUT2D eigenvalue weighted by Gasteiger charge is -2.21. The molecular weight excluding hydrogens is 126 g/mol. The average molecular weight is 143 g/mol. The van der Waals surface area contributed by atoms with Gasteiger partial charge in [-0.15, -0.1) is 0 Å². The van der Waals surface area contributed by atoms with Crippen LogP contribution >= 0.6 is 0 Å². The summed E-state index contributed by atoms with van der Waals surface area (Å²) in [6.07, 6.45) is 3.88. The number of likely N-dealkylation sites (tertiary alicyclic amines) is 1. The fraction of sp³-hybridized carbons (Fsp3) is 1.00. The van der Waals surface area contributed by atoms with Gasteiger partial charge in [0.05, 0.1) is 6.61 Å². The molecule has 0 spiro atoms. The topological polar surface area (TPSA) is 23.5 Å². The lowest BCUT2D eigenvalue weighted by atomic mass is 10.2. The number of rotatable bonds is 3. The van der Waals surface area contributed by atoms with Gasteiger partial charge in [-0.3, -0.25) is 4.90 Å². The molecule has 0 aromatic rings. The van der Waals surface area contributed by atoms with Crippen LogP contribution < -0.4 is 0 Å². The van der Waals surface area contributed by atoms with Crippen molar-refractivity contribution in [2.45, 2.75) is 32.2 Å². The van der Waals surface area contributed by atoms with E-state index >= 15 is 0 Å². The second kappa shape index (κ2) is 3.94. The molecule has 1 atom stereocenters. The van der Waals surface area contributed by atoms with Crippen LogP contribution in [-0.2, 0) is 0 Å². The Bertz CT molecular complexity index is 95.3. The van der Waals surface area contributed by atoms with Gasteiger partial charge in [-0.2, -0.15) is 0 Å². The number of aliphatic hydroxyl groups excluding tert-OH is 1. The SMILES string of the molecule is CC[C@@H]1CCCN1CCO. The number of β-amino-alcohol motifs (C(OH)–C–C–N with tert-alkyl or cyclic N) is 1. The van der Waals surface area contributed by atoms with Crippen molar-refractivity contribution in [2.24, 2.45) is 0 Å². The smallest absolute Gasteiger partial charge is 0.0558 e. The number of hydrogen-bond donors (Lipinski definition) is 1. The molecule has 60 valence electrons. The fourth-order valence-electron chi connectivity index (χ4n) is 1.78. The lowest BCUT2D eigenvalue weighted by molar-refractivity contribution is 0.182. The Labute approximate surface area is 62.8 Å². The molecule has 0 aromatic heterocycles. The minimum absolute atomic E-state index is 0.316. The second-order valence-corrected chi connectivity index (χ2v) is 2.96. The van der Waals surface area contributed by atoms with Crippen LogP contribution in [0.2, 0.25) is 0 Å². The normalized spacial score (nSPS) is 27.6. The summed E-state index contributed by atoms with van der Waals surface area (Å²) in [5.74, 6) is 0. The molecule has 0 saturated carbocycles. The standard InChI is InChI=1S/C8H17NO/c1-2-8-4-3-5-9(8)6-7-10/h8,10H,2-7H2,1H3/t8-/m1/s1. The molecule has 1 aliphatic rings. The van der Waals surface area contributed by atoms with E-state index in [0.29, 0.717) is 6.61 Å². The Hall–Kier alpha value is -0.0800. The number of nitrogens with zero attached hydrogens (tertiary/aromatic N) is 1. The van der Waals surface area contributed by atoms with Gasteiger partial charge in [0.1, 0.15) is 0 Å². The summed E-state index contributed by atoms with van der Waals surface area (Å²) in [4.78, 5) is 2.39. The van der Waals surface area contributed by atoms with Crippen LogP contribution in [0.3, 0.4) is 0 Å². The summed E-state index contributed by atoms with van der Waals surface area (Å²) >= 11 is 0. The Morgan fingerprint density at radius 1 is 1.60 bits per heavy atom. The van der Waals surface area contributed by atoms with Crippen molar-refractivity contribution in [1.29, 1.82) is 0 Å². The summed E-state index contributed by atoms with van der Waals surface area (Å²) in [6, 6.07) is 0.757. The largest absolute Gasteiger partial charge is 0.395 e. The van der Waals surface area contributed by atoms with Gasteiger partial charge in [0.2, 0.25) is 0 Å². The van der Waals surface area contributed by atoms with E-state index in [2.05, 4.69) is 11.8 Å². The van der Waals surface area contributed by atoms with Crippen LogP contribution in [0.5, 0.6) is 0 Å². The van der Waals surface area contributed by atoms with Crippen LogP contribution in [-0.4, -0.2) is 35.7 Å². The maximum absolute atomic E-state index is 8.70. The van der Waals surface area contributed by atoms with E-state index < -0.39 is 0 Å². The molecule has 0 amide bonds. The fourth-order valence-corrected chi connectivity index (χ4v) is 1.78. The van der Waals surface area contributed by atoms with E-state index in [1.807, 2.05) is 0 Å². The predicted octanol–water partition coefficient (Wildman–Crippen LogP) is 0.853. The predicted molar refractivity (Wildman–Crippen MR) is 42.0 cm³/mol. The monoisotopic (exact) mass is 143 g/mol. The highest BCUT2D eigenvalue weighted by molar-refractivity contribution is 4.77. The van der Waals surface area contributed by atoms with Crippen molar-refractivity contribution in [3.05, 3.63) is 0 Å². The Morgan fingerprint density at radius 3 is 3.00 bits per heavy atom. The Morgan fingerprint density at radius 2 is 2.40 bits per heavy atom. The summed E-state index contributed by atoms with van der Waals surface area (Å²) in [6.45, 7) is 4.61. The second-order valence-electron chi connectivity index (χ2n) is 2.96. The lowest BCUT2D eigenvalue weighted by Crippen LogP contribution is -2.31. The molecule has 1 fully saturated rings. The van der Waals surface area contributed by atoms with Gasteiger partial charge >= 0.3 is 0 Å². The highest BCUT2D eigenvalue weighted by Crippen LogP contribution is 2.18. The van der Waals surface area contributed by atoms with E-state index in [-0.39, 0.29) is 0 Å². The Balaban J connectivity index is 2.27. The van der Waals surface area contributed by atoms with Gasteiger partial charge in [0.25, 0.3) is 0 Å². The van der Waals surface area contributed by atoms with Gasteiger partial charge in [-0.25, -0.2) is 0 Å². The van der Waals surface area contributed by atoms with E-state index in [4.69, 9.17) is 5.11 Å². The molecule has 0 radical (unpaired) electrons. The van der Waals surface area contributed by atoms with Crippen LogP contribution in [0.15, 0.2) is 0 Å². The maximum atomic E-state index is 8.70. The molecule has 1 saturated heterocycles. The molecule has 0 aromatic carbocycles. The van der Waals surface area contributed by atoms with Gasteiger partial charge < -0.3 is 5.11 Å². The van der Waals surface area contributed by atoms with E-state index in [0.717, 1.165) is 12.6 Å². The summed E-state index contributed by atoms with van der Waals surface area (Å²) in [5, 5.41) is 8.70. The van der Waals surface area contributed by atoms with E-state index in [1.54, 1.807) is 0 Å². The van der Waals surface area contributed by atoms with Crippen molar-refractivity contribution in [2.75, 3.05) is 19.7 Å². The van der Waals surface area contributed by atoms with Crippen molar-refractivity contribution in [3.8, 4) is 0 Å². The summed E-state index contributed by atoms with van der Waals surface area (Å²) in [7, 11) is 0. The molecule has 0 unspecified atom stereocenters. The Kier molecular flexibility index (Phi) is 3.16. The van der Waals surface area contributed by atoms with Crippen molar-refractivity contribution in [3.63, 3.8) is 0 Å². The maximum Gasteiger partial charge on any atom is 0.0558 e. The summed E-state index contributed by atoms with van der Waals surface area (Å²) in [5.41, 5.74) is 0. The highest BCUT2D eigenvalue weighted by Gasteiger charge is 2.21. The first-order valence-electron chi connectivity index (χ1n) is 4.23. The molecular formula is C8H17NO. The van der Waals surface area contributed by atoms with Crippen LogP contribution in [0.25, 0.3) is 0 Å². The van der Waals surface area contributed by atoms with Gasteiger partial charge in [-0.1, -0.05) is 6.92 Å². The first-order chi connectivity index (χ1) is 4.88. The minimum atomic E-state index is 0.316. The van der Waals surface area contributed by atoms with Crippen molar-refractivity contribution >= 4 is 0 Å². The van der Waals surface area contributed by atoms with Gasteiger partial charge in [0.15, 0.2) is 0 Å². The molecule has 2 nitrogen and oxygen atoms in total. The zero-order valence-electron chi connectivity index (χ0n) is 6.71. The first-order valence-corrected chi connectivity index (χ1v) is 4.23. The van der Waals surface area contributed by atoms with Crippen molar-refractivity contribution in [1.82, 2.24) is 4.90 Å². The number of aliphatic hydroxyl groups is 1. The zero-order chi connectivity index (χ0) is 7.40. The average Bonchev–Trinajstić information content (AvgIpc) is 2.36. The molecule has 10 heavy (non-hydrogen) atoms. The quantitative estimate of drug-likeness (QED) is 0.633. The minimum Gasteiger partial charge on any atom is -0.395 e. The third-order valence-corrected chi connectivity index (χ3v) is 2.36. The van der Waals surface area contributed by atoms with Crippen LogP contribution in [0, 0.1) is 0 Å². The zero-order valence-corrected chi connectivity index (χ0v) is 6.71. The van der Waals surface area contributed by atoms with E-state index in [1.165, 1.54) is 25.8 Å². The van der Waals surface area contributed by atoms with Gasteiger partial charge in [0, 0.05) is 12.6 Å². The first kappa shape index (κ1) is 8.02. The third kappa shape index (κ3) is 1.70.